The molecule has 0 saturated heterocycles. The van der Waals surface area contributed by atoms with Gasteiger partial charge in [0, 0.05) is 23.4 Å². The minimum Gasteiger partial charge on any atom is -0.330 e. The van der Waals surface area contributed by atoms with E-state index in [-0.39, 0.29) is 17.4 Å². The van der Waals surface area contributed by atoms with E-state index in [0.29, 0.717) is 54.3 Å². The molecular formula is C28H33N5O2. The summed E-state index contributed by atoms with van der Waals surface area (Å²) in [6.45, 7) is 8.89. The first-order valence-electron chi connectivity index (χ1n) is 11.9. The summed E-state index contributed by atoms with van der Waals surface area (Å²) in [6.07, 6.45) is 0.610. The maximum atomic E-state index is 13.8. The highest BCUT2D eigenvalue weighted by atomic mass is 16.2. The Kier molecular flexibility index (Phi) is 8.56. The van der Waals surface area contributed by atoms with Crippen molar-refractivity contribution in [3.63, 3.8) is 0 Å². The van der Waals surface area contributed by atoms with E-state index in [1.54, 1.807) is 40.7 Å². The van der Waals surface area contributed by atoms with Gasteiger partial charge in [0.1, 0.15) is 5.82 Å². The van der Waals surface area contributed by atoms with Gasteiger partial charge in [-0.1, -0.05) is 44.2 Å². The van der Waals surface area contributed by atoms with Gasteiger partial charge in [0.15, 0.2) is 0 Å². The SMILES string of the molecule is Cc1nc(C(C(C)C)N(CCCN)C(=O)c2ccc(C#N)cc2)n(Cc2ccccc2)c(=O)c1C. The Labute approximate surface area is 206 Å². The first-order chi connectivity index (χ1) is 16.8. The molecule has 1 unspecified atom stereocenters. The van der Waals surface area contributed by atoms with Crippen molar-refractivity contribution in [3.8, 4) is 6.07 Å². The predicted molar refractivity (Wildman–Crippen MR) is 137 cm³/mol. The molecule has 35 heavy (non-hydrogen) atoms. The van der Waals surface area contributed by atoms with Crippen LogP contribution >= 0.6 is 0 Å². The Morgan fingerprint density at radius 3 is 2.34 bits per heavy atom. The number of hydrogen-bond donors (Lipinski definition) is 1. The summed E-state index contributed by atoms with van der Waals surface area (Å²) in [5.74, 6) is 0.363. The molecule has 0 radical (unpaired) electrons. The van der Waals surface area contributed by atoms with Crippen LogP contribution < -0.4 is 11.3 Å². The van der Waals surface area contributed by atoms with Crippen molar-refractivity contribution in [2.75, 3.05) is 13.1 Å². The van der Waals surface area contributed by atoms with Crippen LogP contribution in [-0.4, -0.2) is 33.4 Å². The lowest BCUT2D eigenvalue weighted by molar-refractivity contribution is 0.0601. The molecule has 0 aliphatic rings. The second-order valence-corrected chi connectivity index (χ2v) is 9.08. The van der Waals surface area contributed by atoms with E-state index < -0.39 is 6.04 Å². The predicted octanol–water partition coefficient (Wildman–Crippen LogP) is 3.97. The van der Waals surface area contributed by atoms with E-state index in [4.69, 9.17) is 16.0 Å². The van der Waals surface area contributed by atoms with E-state index in [1.807, 2.05) is 51.1 Å². The highest BCUT2D eigenvalue weighted by Gasteiger charge is 2.32. The van der Waals surface area contributed by atoms with Gasteiger partial charge < -0.3 is 10.6 Å². The summed E-state index contributed by atoms with van der Waals surface area (Å²) in [5.41, 5.74) is 8.92. The maximum absolute atomic E-state index is 13.8. The number of rotatable bonds is 9. The monoisotopic (exact) mass is 471 g/mol. The second-order valence-electron chi connectivity index (χ2n) is 9.08. The molecule has 0 spiro atoms. The van der Waals surface area contributed by atoms with Gasteiger partial charge in [0.2, 0.25) is 0 Å². The summed E-state index contributed by atoms with van der Waals surface area (Å²) >= 11 is 0. The molecule has 182 valence electrons. The molecule has 1 amide bonds. The summed E-state index contributed by atoms with van der Waals surface area (Å²) < 4.78 is 1.70. The number of benzene rings is 2. The summed E-state index contributed by atoms with van der Waals surface area (Å²) in [6, 6.07) is 18.0. The first-order valence-corrected chi connectivity index (χ1v) is 11.9. The molecule has 0 aliphatic heterocycles. The summed E-state index contributed by atoms with van der Waals surface area (Å²) in [7, 11) is 0. The van der Waals surface area contributed by atoms with Crippen LogP contribution in [0.5, 0.6) is 0 Å². The Morgan fingerprint density at radius 2 is 1.77 bits per heavy atom. The number of nitrogens with zero attached hydrogens (tertiary/aromatic N) is 4. The number of aromatic nitrogens is 2. The molecule has 0 fully saturated rings. The lowest BCUT2D eigenvalue weighted by atomic mass is 9.98. The van der Waals surface area contributed by atoms with Gasteiger partial charge in [-0.3, -0.25) is 14.2 Å². The number of carbonyl (C=O) groups excluding carboxylic acids is 1. The lowest BCUT2D eigenvalue weighted by Crippen LogP contribution is -2.43. The van der Waals surface area contributed by atoms with Crippen molar-refractivity contribution in [1.82, 2.24) is 14.5 Å². The molecule has 7 nitrogen and oxygen atoms in total. The lowest BCUT2D eigenvalue weighted by Gasteiger charge is -2.35. The standard InChI is InChI=1S/C28H33N5O2/c1-19(2)25(32(16-8-15-29)28(35)24-13-11-22(17-30)12-14-24)26-31-21(4)20(3)27(34)33(26)18-23-9-6-5-7-10-23/h5-7,9-14,19,25H,8,15-16,18,29H2,1-4H3. The van der Waals surface area contributed by atoms with Crippen LogP contribution in [0.2, 0.25) is 0 Å². The molecule has 0 bridgehead atoms. The van der Waals surface area contributed by atoms with Gasteiger partial charge >= 0.3 is 0 Å². The molecule has 2 N–H and O–H groups in total. The van der Waals surface area contributed by atoms with Crippen molar-refractivity contribution in [2.45, 2.75) is 46.7 Å². The van der Waals surface area contributed by atoms with Crippen molar-refractivity contribution < 1.29 is 4.79 Å². The molecule has 0 saturated carbocycles. The Bertz CT molecular complexity index is 1260. The smallest absolute Gasteiger partial charge is 0.257 e. The third-order valence-electron chi connectivity index (χ3n) is 6.21. The fraction of sp³-hybridized carbons (Fsp3) is 0.357. The van der Waals surface area contributed by atoms with Gasteiger partial charge in [-0.05, 0) is 62.6 Å². The third kappa shape index (κ3) is 5.84. The molecule has 1 aromatic heterocycles. The average molecular weight is 472 g/mol. The zero-order valence-corrected chi connectivity index (χ0v) is 20.9. The molecular weight excluding hydrogens is 438 g/mol. The van der Waals surface area contributed by atoms with Crippen LogP contribution in [0.3, 0.4) is 0 Å². The maximum Gasteiger partial charge on any atom is 0.257 e. The minimum atomic E-state index is -0.444. The molecule has 1 heterocycles. The van der Waals surface area contributed by atoms with Crippen LogP contribution in [0.1, 0.15) is 64.9 Å². The topological polar surface area (TPSA) is 105 Å². The average Bonchev–Trinajstić information content (AvgIpc) is 2.87. The number of hydrogen-bond acceptors (Lipinski definition) is 5. The van der Waals surface area contributed by atoms with E-state index in [2.05, 4.69) is 6.07 Å². The number of aryl methyl sites for hydroxylation is 1. The van der Waals surface area contributed by atoms with Gasteiger partial charge in [0.25, 0.3) is 11.5 Å². The van der Waals surface area contributed by atoms with Crippen LogP contribution in [0.25, 0.3) is 0 Å². The Hall–Kier alpha value is -3.76. The van der Waals surface area contributed by atoms with E-state index in [1.165, 1.54) is 0 Å². The van der Waals surface area contributed by atoms with Crippen molar-refractivity contribution in [3.05, 3.63) is 98.7 Å². The number of nitrogens with two attached hydrogens (primary N) is 1. The van der Waals surface area contributed by atoms with Gasteiger partial charge in [-0.2, -0.15) is 5.26 Å². The fourth-order valence-electron chi connectivity index (χ4n) is 4.20. The van der Waals surface area contributed by atoms with Crippen LogP contribution in [0.4, 0.5) is 0 Å². The molecule has 3 aromatic rings. The highest BCUT2D eigenvalue weighted by molar-refractivity contribution is 5.94. The number of amides is 1. The molecule has 3 rings (SSSR count). The molecule has 1 atom stereocenters. The number of nitriles is 1. The van der Waals surface area contributed by atoms with Gasteiger partial charge in [-0.15, -0.1) is 0 Å². The minimum absolute atomic E-state index is 0.0221. The number of carbonyl (C=O) groups is 1. The van der Waals surface area contributed by atoms with E-state index >= 15 is 0 Å². The summed E-state index contributed by atoms with van der Waals surface area (Å²) in [4.78, 5) is 33.9. The van der Waals surface area contributed by atoms with Crippen LogP contribution in [-0.2, 0) is 6.54 Å². The highest BCUT2D eigenvalue weighted by Crippen LogP contribution is 2.30. The normalized spacial score (nSPS) is 11.8. The quantitative estimate of drug-likeness (QED) is 0.508. The Balaban J connectivity index is 2.16. The molecule has 7 heteroatoms. The third-order valence-corrected chi connectivity index (χ3v) is 6.21. The van der Waals surface area contributed by atoms with E-state index in [9.17, 15) is 9.59 Å². The van der Waals surface area contributed by atoms with E-state index in [0.717, 1.165) is 5.56 Å². The molecule has 0 aliphatic carbocycles. The fourth-order valence-corrected chi connectivity index (χ4v) is 4.20. The first kappa shape index (κ1) is 25.9. The Morgan fingerprint density at radius 1 is 1.11 bits per heavy atom. The zero-order valence-electron chi connectivity index (χ0n) is 20.9. The zero-order chi connectivity index (χ0) is 25.5. The van der Waals surface area contributed by atoms with Gasteiger partial charge in [-0.25, -0.2) is 4.98 Å². The largest absolute Gasteiger partial charge is 0.330 e. The van der Waals surface area contributed by atoms with Gasteiger partial charge in [0.05, 0.1) is 24.2 Å². The van der Waals surface area contributed by atoms with Crippen molar-refractivity contribution >= 4 is 5.91 Å². The van der Waals surface area contributed by atoms with Crippen LogP contribution in [0, 0.1) is 31.1 Å². The second kappa shape index (κ2) is 11.6. The van der Waals surface area contributed by atoms with Crippen LogP contribution in [0.15, 0.2) is 59.4 Å². The summed E-state index contributed by atoms with van der Waals surface area (Å²) in [5, 5.41) is 9.13. The molecule has 2 aromatic carbocycles. The van der Waals surface area contributed by atoms with Crippen molar-refractivity contribution in [2.24, 2.45) is 11.7 Å². The van der Waals surface area contributed by atoms with Crippen molar-refractivity contribution in [1.29, 1.82) is 5.26 Å².